The van der Waals surface area contributed by atoms with E-state index in [1.807, 2.05) is 7.11 Å². The van der Waals surface area contributed by atoms with Crippen molar-refractivity contribution in [2.24, 2.45) is 5.73 Å². The van der Waals surface area contributed by atoms with E-state index in [9.17, 15) is 0 Å². The largest absolute Gasteiger partial charge is 0.380 e. The molecular formula is C15H22N2O. The zero-order chi connectivity index (χ0) is 12.6. The van der Waals surface area contributed by atoms with Gasteiger partial charge in [0.05, 0.1) is 6.10 Å². The second-order valence-corrected chi connectivity index (χ2v) is 5.64. The number of fused-ring (bicyclic) bond motifs is 1. The summed E-state index contributed by atoms with van der Waals surface area (Å²) in [5.74, 6) is 0. The first kappa shape index (κ1) is 12.2. The van der Waals surface area contributed by atoms with Crippen LogP contribution in [0.25, 0.3) is 0 Å². The molecule has 3 heteroatoms. The van der Waals surface area contributed by atoms with Gasteiger partial charge in [-0.05, 0) is 30.4 Å². The number of benzene rings is 1. The fourth-order valence-corrected chi connectivity index (χ4v) is 3.52. The zero-order valence-corrected chi connectivity index (χ0v) is 11.1. The summed E-state index contributed by atoms with van der Waals surface area (Å²) in [7, 11) is 1.81. The Balaban J connectivity index is 1.82. The molecule has 0 aromatic heterocycles. The first-order chi connectivity index (χ1) is 8.77. The second kappa shape index (κ2) is 4.65. The highest BCUT2D eigenvalue weighted by Gasteiger charge is 2.43. The third-order valence-electron chi connectivity index (χ3n) is 4.69. The Kier molecular flexibility index (Phi) is 3.14. The maximum Gasteiger partial charge on any atom is 0.0710 e. The van der Waals surface area contributed by atoms with Gasteiger partial charge in [0.25, 0.3) is 0 Å². The minimum Gasteiger partial charge on any atom is -0.380 e. The van der Waals surface area contributed by atoms with Gasteiger partial charge in [-0.1, -0.05) is 24.3 Å². The van der Waals surface area contributed by atoms with Crippen molar-refractivity contribution >= 4 is 0 Å². The molecule has 1 aromatic rings. The van der Waals surface area contributed by atoms with Crippen LogP contribution < -0.4 is 5.73 Å². The van der Waals surface area contributed by atoms with E-state index in [2.05, 4.69) is 29.2 Å². The standard InChI is InChI=1S/C15H22N2O/c1-18-14-6-7-17(10-14)15(11-16)8-12-4-2-3-5-13(12)9-15/h2-5,14H,6-11,16H2,1H3. The number of hydrogen-bond acceptors (Lipinski definition) is 3. The quantitative estimate of drug-likeness (QED) is 0.871. The van der Waals surface area contributed by atoms with Crippen molar-refractivity contribution < 1.29 is 4.74 Å². The van der Waals surface area contributed by atoms with Crippen LogP contribution in [0.3, 0.4) is 0 Å². The van der Waals surface area contributed by atoms with Crippen molar-refractivity contribution in [1.29, 1.82) is 0 Å². The smallest absolute Gasteiger partial charge is 0.0710 e. The average Bonchev–Trinajstić information content (AvgIpc) is 3.03. The van der Waals surface area contributed by atoms with Crippen LogP contribution in [0.5, 0.6) is 0 Å². The molecule has 2 aliphatic rings. The summed E-state index contributed by atoms with van der Waals surface area (Å²) in [5, 5.41) is 0. The number of nitrogens with zero attached hydrogens (tertiary/aromatic N) is 1. The first-order valence-electron chi connectivity index (χ1n) is 6.82. The fraction of sp³-hybridized carbons (Fsp3) is 0.600. The van der Waals surface area contributed by atoms with Crippen LogP contribution in [0.2, 0.25) is 0 Å². The molecule has 1 fully saturated rings. The van der Waals surface area contributed by atoms with Gasteiger partial charge >= 0.3 is 0 Å². The minimum absolute atomic E-state index is 0.136. The Labute approximate surface area is 109 Å². The summed E-state index contributed by atoms with van der Waals surface area (Å²) >= 11 is 0. The summed E-state index contributed by atoms with van der Waals surface area (Å²) in [6.45, 7) is 2.88. The lowest BCUT2D eigenvalue weighted by Gasteiger charge is -2.38. The number of rotatable bonds is 3. The molecule has 0 bridgehead atoms. The molecule has 1 unspecified atom stereocenters. The van der Waals surface area contributed by atoms with Crippen LogP contribution in [-0.4, -0.2) is 43.3 Å². The van der Waals surface area contributed by atoms with Crippen molar-refractivity contribution in [2.45, 2.75) is 30.9 Å². The highest BCUT2D eigenvalue weighted by atomic mass is 16.5. The van der Waals surface area contributed by atoms with E-state index in [4.69, 9.17) is 10.5 Å². The molecule has 3 nitrogen and oxygen atoms in total. The van der Waals surface area contributed by atoms with Crippen molar-refractivity contribution in [3.8, 4) is 0 Å². The fourth-order valence-electron chi connectivity index (χ4n) is 3.52. The van der Waals surface area contributed by atoms with Gasteiger partial charge in [-0.15, -0.1) is 0 Å². The van der Waals surface area contributed by atoms with E-state index in [0.717, 1.165) is 38.9 Å². The van der Waals surface area contributed by atoms with Crippen LogP contribution in [0.1, 0.15) is 17.5 Å². The summed E-state index contributed by atoms with van der Waals surface area (Å²) < 4.78 is 5.49. The molecule has 18 heavy (non-hydrogen) atoms. The lowest BCUT2D eigenvalue weighted by Crippen LogP contribution is -2.54. The Morgan fingerprint density at radius 1 is 1.33 bits per heavy atom. The SMILES string of the molecule is COC1CCN(C2(CN)Cc3ccccc3C2)C1. The third kappa shape index (κ3) is 1.87. The lowest BCUT2D eigenvalue weighted by atomic mass is 9.94. The number of nitrogens with two attached hydrogens (primary N) is 1. The number of ether oxygens (including phenoxy) is 1. The Bertz CT molecular complexity index is 407. The highest BCUT2D eigenvalue weighted by Crippen LogP contribution is 2.36. The van der Waals surface area contributed by atoms with Crippen molar-refractivity contribution in [1.82, 2.24) is 4.90 Å². The van der Waals surface area contributed by atoms with Gasteiger partial charge in [0.1, 0.15) is 0 Å². The first-order valence-corrected chi connectivity index (χ1v) is 6.82. The van der Waals surface area contributed by atoms with Gasteiger partial charge in [-0.25, -0.2) is 0 Å². The summed E-state index contributed by atoms with van der Waals surface area (Å²) in [6.07, 6.45) is 3.71. The van der Waals surface area contributed by atoms with E-state index >= 15 is 0 Å². The Morgan fingerprint density at radius 3 is 2.50 bits per heavy atom. The van der Waals surface area contributed by atoms with Gasteiger partial charge in [-0.3, -0.25) is 4.90 Å². The molecule has 0 amide bonds. The van der Waals surface area contributed by atoms with Crippen LogP contribution in [0, 0.1) is 0 Å². The summed E-state index contributed by atoms with van der Waals surface area (Å²) in [5.41, 5.74) is 9.22. The van der Waals surface area contributed by atoms with E-state index in [0.29, 0.717) is 6.10 Å². The summed E-state index contributed by atoms with van der Waals surface area (Å²) in [6, 6.07) is 8.76. The normalized spacial score (nSPS) is 26.4. The Hall–Kier alpha value is -0.900. The van der Waals surface area contributed by atoms with E-state index in [-0.39, 0.29) is 5.54 Å². The summed E-state index contributed by atoms with van der Waals surface area (Å²) in [4.78, 5) is 2.56. The van der Waals surface area contributed by atoms with E-state index in [1.165, 1.54) is 11.1 Å². The lowest BCUT2D eigenvalue weighted by molar-refractivity contribution is 0.0770. The molecule has 1 saturated heterocycles. The molecule has 1 aliphatic carbocycles. The molecule has 1 atom stereocenters. The predicted molar refractivity (Wildman–Crippen MR) is 72.6 cm³/mol. The molecule has 1 aromatic carbocycles. The van der Waals surface area contributed by atoms with E-state index < -0.39 is 0 Å². The van der Waals surface area contributed by atoms with Gasteiger partial charge in [0, 0.05) is 32.3 Å². The topological polar surface area (TPSA) is 38.5 Å². The number of methoxy groups -OCH3 is 1. The molecule has 0 spiro atoms. The van der Waals surface area contributed by atoms with Gasteiger partial charge < -0.3 is 10.5 Å². The molecule has 0 radical (unpaired) electrons. The third-order valence-corrected chi connectivity index (χ3v) is 4.69. The van der Waals surface area contributed by atoms with Crippen LogP contribution in [0.4, 0.5) is 0 Å². The highest BCUT2D eigenvalue weighted by molar-refractivity contribution is 5.36. The maximum absolute atomic E-state index is 6.13. The maximum atomic E-state index is 6.13. The average molecular weight is 246 g/mol. The number of hydrogen-bond donors (Lipinski definition) is 1. The van der Waals surface area contributed by atoms with E-state index in [1.54, 1.807) is 0 Å². The monoisotopic (exact) mass is 246 g/mol. The van der Waals surface area contributed by atoms with Gasteiger partial charge in [-0.2, -0.15) is 0 Å². The Morgan fingerprint density at radius 2 is 2.00 bits per heavy atom. The van der Waals surface area contributed by atoms with Crippen LogP contribution >= 0.6 is 0 Å². The molecular weight excluding hydrogens is 224 g/mol. The molecule has 0 saturated carbocycles. The predicted octanol–water partition coefficient (Wildman–Crippen LogP) is 1.20. The van der Waals surface area contributed by atoms with Crippen LogP contribution in [-0.2, 0) is 17.6 Å². The van der Waals surface area contributed by atoms with Crippen molar-refractivity contribution in [2.75, 3.05) is 26.7 Å². The molecule has 3 rings (SSSR count). The zero-order valence-electron chi connectivity index (χ0n) is 11.1. The van der Waals surface area contributed by atoms with Crippen molar-refractivity contribution in [3.05, 3.63) is 35.4 Å². The van der Waals surface area contributed by atoms with Gasteiger partial charge in [0.2, 0.25) is 0 Å². The number of likely N-dealkylation sites (tertiary alicyclic amines) is 1. The molecule has 1 aliphatic heterocycles. The van der Waals surface area contributed by atoms with Crippen LogP contribution in [0.15, 0.2) is 24.3 Å². The van der Waals surface area contributed by atoms with Crippen molar-refractivity contribution in [3.63, 3.8) is 0 Å². The second-order valence-electron chi connectivity index (χ2n) is 5.64. The molecule has 1 heterocycles. The molecule has 2 N–H and O–H groups in total. The van der Waals surface area contributed by atoms with Gasteiger partial charge in [0.15, 0.2) is 0 Å². The molecule has 98 valence electrons. The minimum atomic E-state index is 0.136.